The van der Waals surface area contributed by atoms with Gasteiger partial charge in [0.25, 0.3) is 0 Å². The van der Waals surface area contributed by atoms with Gasteiger partial charge in [-0.3, -0.25) is 19.8 Å². The highest BCUT2D eigenvalue weighted by molar-refractivity contribution is 6.00. The summed E-state index contributed by atoms with van der Waals surface area (Å²) in [7, 11) is 2.78. The molecule has 0 radical (unpaired) electrons. The molecule has 0 bridgehead atoms. The van der Waals surface area contributed by atoms with Crippen LogP contribution in [0.4, 0.5) is 16.2 Å². The van der Waals surface area contributed by atoms with Gasteiger partial charge in [-0.1, -0.05) is 30.3 Å². The molecule has 3 rings (SSSR count). The monoisotopic (exact) mass is 577 g/mol. The number of ketones is 1. The fourth-order valence-corrected chi connectivity index (χ4v) is 4.18. The predicted octanol–water partition coefficient (Wildman–Crippen LogP) is 4.28. The standard InChI is InChI=1S/C31H35N3O8/c1-6-41-30(37)23-13-16-28(29(18-23)39-4)42-21(3)32-25(19-35)27(36)17-22-11-14-24(15-12-22)34(31(38)33-40-5)26-10-8-7-9-20(26)2/h7-16,18-19,21,25,32H,6,17H2,1-5H3,(H,33,38). The largest absolute Gasteiger partial charge is 0.493 e. The van der Waals surface area contributed by atoms with Crippen molar-refractivity contribution in [2.75, 3.05) is 25.7 Å². The van der Waals surface area contributed by atoms with Crippen LogP contribution in [0.2, 0.25) is 0 Å². The molecule has 2 amide bonds. The molecule has 0 saturated carbocycles. The first-order chi connectivity index (χ1) is 20.2. The van der Waals surface area contributed by atoms with Crippen LogP contribution in [0.1, 0.15) is 35.3 Å². The van der Waals surface area contributed by atoms with Gasteiger partial charge in [-0.25, -0.2) is 15.1 Å². The van der Waals surface area contributed by atoms with Crippen LogP contribution in [0, 0.1) is 6.92 Å². The van der Waals surface area contributed by atoms with Crippen molar-refractivity contribution in [3.05, 3.63) is 83.4 Å². The molecule has 0 heterocycles. The lowest BCUT2D eigenvalue weighted by Gasteiger charge is -2.24. The third-order valence-electron chi connectivity index (χ3n) is 6.20. The molecule has 0 aromatic heterocycles. The van der Waals surface area contributed by atoms with E-state index in [1.807, 2.05) is 31.2 Å². The number of nitrogens with zero attached hydrogens (tertiary/aromatic N) is 1. The number of carbonyl (C=O) groups is 4. The summed E-state index contributed by atoms with van der Waals surface area (Å²) in [4.78, 5) is 55.9. The van der Waals surface area contributed by atoms with Crippen LogP contribution < -0.4 is 25.2 Å². The number of amides is 2. The Bertz CT molecular complexity index is 1390. The summed E-state index contributed by atoms with van der Waals surface area (Å²) in [5.41, 5.74) is 5.40. The van der Waals surface area contributed by atoms with E-state index >= 15 is 0 Å². The molecule has 0 aliphatic carbocycles. The van der Waals surface area contributed by atoms with Crippen LogP contribution in [0.15, 0.2) is 66.7 Å². The van der Waals surface area contributed by atoms with E-state index < -0.39 is 24.3 Å². The lowest BCUT2D eigenvalue weighted by molar-refractivity contribution is -0.125. The number of hydroxylamine groups is 1. The van der Waals surface area contributed by atoms with Crippen molar-refractivity contribution in [2.24, 2.45) is 0 Å². The van der Waals surface area contributed by atoms with Crippen molar-refractivity contribution in [3.8, 4) is 11.5 Å². The number of hydrogen-bond acceptors (Lipinski definition) is 9. The van der Waals surface area contributed by atoms with E-state index in [-0.39, 0.29) is 18.8 Å². The number of hydrogen-bond donors (Lipinski definition) is 2. The molecule has 2 unspecified atom stereocenters. The number of carbonyl (C=O) groups excluding carboxylic acids is 4. The second kappa shape index (κ2) is 15.3. The minimum atomic E-state index is -1.14. The summed E-state index contributed by atoms with van der Waals surface area (Å²) < 4.78 is 16.2. The minimum absolute atomic E-state index is 0.0321. The summed E-state index contributed by atoms with van der Waals surface area (Å²) in [6, 6.07) is 17.2. The fourth-order valence-electron chi connectivity index (χ4n) is 4.18. The van der Waals surface area contributed by atoms with Crippen molar-refractivity contribution in [3.63, 3.8) is 0 Å². The highest BCUT2D eigenvalue weighted by Crippen LogP contribution is 2.30. The number of benzene rings is 3. The Hall–Kier alpha value is -4.74. The quantitative estimate of drug-likeness (QED) is 0.0947. The van der Waals surface area contributed by atoms with Crippen LogP contribution >= 0.6 is 0 Å². The number of esters is 1. The van der Waals surface area contributed by atoms with Gasteiger partial charge in [0, 0.05) is 6.42 Å². The number of methoxy groups -OCH3 is 1. The van der Waals surface area contributed by atoms with E-state index in [9.17, 15) is 19.2 Å². The Morgan fingerprint density at radius 1 is 0.976 bits per heavy atom. The predicted molar refractivity (Wildman–Crippen MR) is 156 cm³/mol. The lowest BCUT2D eigenvalue weighted by atomic mass is 10.0. The third-order valence-corrected chi connectivity index (χ3v) is 6.20. The molecule has 0 fully saturated rings. The molecule has 222 valence electrons. The highest BCUT2D eigenvalue weighted by Gasteiger charge is 2.23. The number of anilines is 2. The normalized spacial score (nSPS) is 12.0. The van der Waals surface area contributed by atoms with Crippen LogP contribution in [0.25, 0.3) is 0 Å². The second-order valence-corrected chi connectivity index (χ2v) is 9.17. The van der Waals surface area contributed by atoms with Crippen LogP contribution in [0.3, 0.4) is 0 Å². The summed E-state index contributed by atoms with van der Waals surface area (Å²) in [6.45, 7) is 5.48. The minimum Gasteiger partial charge on any atom is -0.493 e. The van der Waals surface area contributed by atoms with E-state index in [1.54, 1.807) is 44.2 Å². The summed E-state index contributed by atoms with van der Waals surface area (Å²) in [5, 5.41) is 2.87. The van der Waals surface area contributed by atoms with E-state index in [0.29, 0.717) is 40.3 Å². The van der Waals surface area contributed by atoms with Crippen molar-refractivity contribution in [1.29, 1.82) is 0 Å². The molecule has 3 aromatic rings. The number of Topliss-reactive ketones (excluding diaryl/α,β-unsaturated/α-hetero) is 1. The summed E-state index contributed by atoms with van der Waals surface area (Å²) >= 11 is 0. The molecular weight excluding hydrogens is 542 g/mol. The average Bonchev–Trinajstić information content (AvgIpc) is 2.98. The van der Waals surface area contributed by atoms with Crippen molar-refractivity contribution in [1.82, 2.24) is 10.8 Å². The van der Waals surface area contributed by atoms with Gasteiger partial charge >= 0.3 is 12.0 Å². The van der Waals surface area contributed by atoms with Crippen LogP contribution in [-0.4, -0.2) is 57.2 Å². The van der Waals surface area contributed by atoms with E-state index in [4.69, 9.17) is 19.0 Å². The molecule has 11 nitrogen and oxygen atoms in total. The van der Waals surface area contributed by atoms with E-state index in [0.717, 1.165) is 5.56 Å². The Morgan fingerprint density at radius 3 is 2.31 bits per heavy atom. The molecule has 0 aliphatic heterocycles. The van der Waals surface area contributed by atoms with Crippen LogP contribution in [0.5, 0.6) is 11.5 Å². The van der Waals surface area contributed by atoms with E-state index in [2.05, 4.69) is 10.8 Å². The molecule has 11 heteroatoms. The Labute approximate surface area is 244 Å². The number of para-hydroxylation sites is 1. The SMILES string of the molecule is CCOC(=O)c1ccc(OC(C)NC(C=O)C(=O)Cc2ccc(N(C(=O)NOC)c3ccccc3C)cc2)c(OC)c1. The molecule has 2 atom stereocenters. The molecule has 2 N–H and O–H groups in total. The number of ether oxygens (including phenoxy) is 3. The Kier molecular flexibility index (Phi) is 11.6. The smallest absolute Gasteiger partial charge is 0.350 e. The summed E-state index contributed by atoms with van der Waals surface area (Å²) in [5.74, 6) is -0.254. The lowest BCUT2D eigenvalue weighted by Crippen LogP contribution is -2.46. The first-order valence-corrected chi connectivity index (χ1v) is 13.3. The Morgan fingerprint density at radius 2 is 1.69 bits per heavy atom. The average molecular weight is 578 g/mol. The van der Waals surface area contributed by atoms with Gasteiger partial charge < -0.3 is 19.0 Å². The molecule has 0 aliphatic rings. The third kappa shape index (κ3) is 8.15. The first-order valence-electron chi connectivity index (χ1n) is 13.3. The number of nitrogens with one attached hydrogen (secondary N) is 2. The van der Waals surface area contributed by atoms with Crippen molar-refractivity contribution < 1.29 is 38.2 Å². The molecular formula is C31H35N3O8. The van der Waals surface area contributed by atoms with Gasteiger partial charge in [-0.2, -0.15) is 0 Å². The zero-order chi connectivity index (χ0) is 30.6. The maximum atomic E-state index is 13.0. The zero-order valence-corrected chi connectivity index (χ0v) is 24.2. The highest BCUT2D eigenvalue weighted by atomic mass is 16.6. The van der Waals surface area contributed by atoms with Gasteiger partial charge in [-0.05, 0) is 68.3 Å². The fraction of sp³-hybridized carbons (Fsp3) is 0.290. The topological polar surface area (TPSA) is 132 Å². The maximum Gasteiger partial charge on any atom is 0.350 e. The van der Waals surface area contributed by atoms with Crippen molar-refractivity contribution >= 4 is 35.4 Å². The molecule has 0 saturated heterocycles. The second-order valence-electron chi connectivity index (χ2n) is 9.17. The summed E-state index contributed by atoms with van der Waals surface area (Å²) in [6.07, 6.45) is -0.266. The number of aldehydes is 1. The van der Waals surface area contributed by atoms with Gasteiger partial charge in [-0.15, -0.1) is 0 Å². The number of rotatable bonds is 14. The van der Waals surface area contributed by atoms with Crippen LogP contribution in [-0.2, 0) is 25.6 Å². The van der Waals surface area contributed by atoms with E-state index in [1.165, 1.54) is 31.3 Å². The number of urea groups is 1. The van der Waals surface area contributed by atoms with Crippen molar-refractivity contribution in [2.45, 2.75) is 39.5 Å². The molecule has 0 spiro atoms. The maximum absolute atomic E-state index is 13.0. The Balaban J connectivity index is 1.68. The van der Waals surface area contributed by atoms with Gasteiger partial charge in [0.1, 0.15) is 18.6 Å². The zero-order valence-electron chi connectivity index (χ0n) is 24.2. The molecule has 42 heavy (non-hydrogen) atoms. The molecule has 3 aromatic carbocycles. The van der Waals surface area contributed by atoms with Gasteiger partial charge in [0.05, 0.1) is 37.8 Å². The van der Waals surface area contributed by atoms with Gasteiger partial charge in [0.2, 0.25) is 0 Å². The first kappa shape index (κ1) is 31.8. The van der Waals surface area contributed by atoms with Gasteiger partial charge in [0.15, 0.2) is 17.3 Å². The number of aryl methyl sites for hydroxylation is 1.